The van der Waals surface area contributed by atoms with E-state index in [1.165, 1.54) is 23.2 Å². The molecule has 1 fully saturated rings. The molecule has 2 atom stereocenters. The van der Waals surface area contributed by atoms with Crippen LogP contribution in [0.1, 0.15) is 39.5 Å². The number of carbonyl (C=O) groups excluding carboxylic acids is 1. The first kappa shape index (κ1) is 18.9. The van der Waals surface area contributed by atoms with Gasteiger partial charge in [-0.05, 0) is 19.3 Å². The molecular weight excluding hydrogens is 308 g/mol. The highest BCUT2D eigenvalue weighted by atomic mass is 32.2. The lowest BCUT2D eigenvalue weighted by atomic mass is 10.1. The molecule has 7 nitrogen and oxygen atoms in total. The molecule has 1 N–H and O–H groups in total. The van der Waals surface area contributed by atoms with Crippen molar-refractivity contribution in [2.24, 2.45) is 5.92 Å². The Bertz CT molecular complexity index is 505. The smallest absolute Gasteiger partial charge is 0.308 e. The van der Waals surface area contributed by atoms with Gasteiger partial charge in [0.25, 0.3) is 0 Å². The Labute approximate surface area is 132 Å². The molecule has 2 unspecified atom stereocenters. The van der Waals surface area contributed by atoms with Gasteiger partial charge in [0.2, 0.25) is 15.9 Å². The predicted octanol–water partition coefficient (Wildman–Crippen LogP) is 0.760. The van der Waals surface area contributed by atoms with Gasteiger partial charge in [0.15, 0.2) is 0 Å². The Kier molecular flexibility index (Phi) is 6.80. The van der Waals surface area contributed by atoms with E-state index in [1.54, 1.807) is 0 Å². The Hall–Kier alpha value is -1.15. The van der Waals surface area contributed by atoms with Crippen LogP contribution in [0.15, 0.2) is 0 Å². The van der Waals surface area contributed by atoms with Crippen molar-refractivity contribution in [2.75, 3.05) is 25.9 Å². The van der Waals surface area contributed by atoms with Crippen LogP contribution in [0.25, 0.3) is 0 Å². The van der Waals surface area contributed by atoms with E-state index in [0.717, 1.165) is 6.42 Å². The first-order valence-electron chi connectivity index (χ1n) is 7.68. The molecule has 22 heavy (non-hydrogen) atoms. The number of likely N-dealkylation sites (N-methyl/N-ethyl adjacent to an activating group) is 1. The summed E-state index contributed by atoms with van der Waals surface area (Å²) >= 11 is 0. The third-order valence-corrected chi connectivity index (χ3v) is 5.90. The second-order valence-electron chi connectivity index (χ2n) is 5.90. The summed E-state index contributed by atoms with van der Waals surface area (Å²) < 4.78 is 25.9. The van der Waals surface area contributed by atoms with E-state index < -0.39 is 28.0 Å². The third kappa shape index (κ3) is 4.67. The number of carboxylic acid groups (broad SMARTS) is 1. The van der Waals surface area contributed by atoms with Crippen LogP contribution >= 0.6 is 0 Å². The number of hydrogen-bond acceptors (Lipinski definition) is 4. The van der Waals surface area contributed by atoms with Crippen LogP contribution in [0.4, 0.5) is 0 Å². The van der Waals surface area contributed by atoms with Crippen molar-refractivity contribution in [3.05, 3.63) is 0 Å². The lowest BCUT2D eigenvalue weighted by Crippen LogP contribution is -2.48. The van der Waals surface area contributed by atoms with Crippen LogP contribution in [-0.2, 0) is 19.6 Å². The molecule has 0 aromatic carbocycles. The molecular formula is C14H26N2O5S. The van der Waals surface area contributed by atoms with Gasteiger partial charge in [0, 0.05) is 20.1 Å². The topological polar surface area (TPSA) is 95.0 Å². The molecule has 1 aliphatic rings. The SMILES string of the molecule is CCCCS(=O)(=O)N1CCCC1C(=O)N(C)CC(C)C(=O)O. The predicted molar refractivity (Wildman–Crippen MR) is 82.9 cm³/mol. The lowest BCUT2D eigenvalue weighted by Gasteiger charge is -2.28. The van der Waals surface area contributed by atoms with E-state index in [2.05, 4.69) is 0 Å². The van der Waals surface area contributed by atoms with Gasteiger partial charge in [-0.2, -0.15) is 4.31 Å². The zero-order valence-corrected chi connectivity index (χ0v) is 14.3. The molecule has 128 valence electrons. The number of carboxylic acids is 1. The number of amides is 1. The van der Waals surface area contributed by atoms with Crippen molar-refractivity contribution < 1.29 is 23.1 Å². The van der Waals surface area contributed by atoms with E-state index >= 15 is 0 Å². The summed E-state index contributed by atoms with van der Waals surface area (Å²) in [6, 6.07) is -0.687. The highest BCUT2D eigenvalue weighted by Gasteiger charge is 2.39. The molecule has 0 radical (unpaired) electrons. The van der Waals surface area contributed by atoms with Crippen molar-refractivity contribution in [2.45, 2.75) is 45.6 Å². The van der Waals surface area contributed by atoms with Crippen LogP contribution in [-0.4, -0.2) is 66.5 Å². The third-order valence-electron chi connectivity index (χ3n) is 3.95. The molecule has 0 aromatic heterocycles. The van der Waals surface area contributed by atoms with E-state index in [1.807, 2.05) is 6.92 Å². The van der Waals surface area contributed by atoms with Crippen LogP contribution in [0.5, 0.6) is 0 Å². The number of unbranched alkanes of at least 4 members (excludes halogenated alkanes) is 1. The monoisotopic (exact) mass is 334 g/mol. The molecule has 0 saturated carbocycles. The molecule has 1 amide bonds. The standard InChI is InChI=1S/C14H26N2O5S/c1-4-5-9-22(20,21)16-8-6-7-12(16)13(17)15(3)10-11(2)14(18)19/h11-12H,4-10H2,1-3H3,(H,18,19). The van der Waals surface area contributed by atoms with Crippen molar-refractivity contribution in [1.82, 2.24) is 9.21 Å². The molecule has 1 rings (SSSR count). The number of nitrogens with zero attached hydrogens (tertiary/aromatic N) is 2. The number of carbonyl (C=O) groups is 2. The zero-order chi connectivity index (χ0) is 16.9. The summed E-state index contributed by atoms with van der Waals surface area (Å²) in [5, 5.41) is 8.91. The largest absolute Gasteiger partial charge is 0.481 e. The van der Waals surface area contributed by atoms with Crippen LogP contribution in [0, 0.1) is 5.92 Å². The maximum absolute atomic E-state index is 12.5. The second kappa shape index (κ2) is 7.92. The van der Waals surface area contributed by atoms with E-state index in [9.17, 15) is 18.0 Å². The Morgan fingerprint density at radius 1 is 1.41 bits per heavy atom. The highest BCUT2D eigenvalue weighted by Crippen LogP contribution is 2.23. The van der Waals surface area contributed by atoms with Crippen LogP contribution < -0.4 is 0 Å². The molecule has 0 spiro atoms. The van der Waals surface area contributed by atoms with Gasteiger partial charge in [0.1, 0.15) is 6.04 Å². The minimum absolute atomic E-state index is 0.0581. The number of sulfonamides is 1. The fraction of sp³-hybridized carbons (Fsp3) is 0.857. The zero-order valence-electron chi connectivity index (χ0n) is 13.5. The minimum atomic E-state index is -3.43. The number of rotatable bonds is 8. The van der Waals surface area contributed by atoms with Crippen molar-refractivity contribution >= 4 is 21.9 Å². The molecule has 1 heterocycles. The fourth-order valence-corrected chi connectivity index (χ4v) is 4.48. The summed E-state index contributed by atoms with van der Waals surface area (Å²) in [5.74, 6) is -1.91. The number of hydrogen-bond donors (Lipinski definition) is 1. The summed E-state index contributed by atoms with van der Waals surface area (Å²) in [6.45, 7) is 3.89. The average Bonchev–Trinajstić information content (AvgIpc) is 2.94. The lowest BCUT2D eigenvalue weighted by molar-refractivity contribution is -0.143. The van der Waals surface area contributed by atoms with Gasteiger partial charge >= 0.3 is 5.97 Å². The highest BCUT2D eigenvalue weighted by molar-refractivity contribution is 7.89. The van der Waals surface area contributed by atoms with Crippen LogP contribution in [0.3, 0.4) is 0 Å². The normalized spacial score (nSPS) is 20.8. The summed E-state index contributed by atoms with van der Waals surface area (Å²) in [7, 11) is -1.90. The molecule has 8 heteroatoms. The van der Waals surface area contributed by atoms with Gasteiger partial charge in [-0.15, -0.1) is 0 Å². The fourth-order valence-electron chi connectivity index (χ4n) is 2.60. The Morgan fingerprint density at radius 2 is 2.05 bits per heavy atom. The molecule has 0 bridgehead atoms. The molecule has 0 aromatic rings. The summed E-state index contributed by atoms with van der Waals surface area (Å²) in [4.78, 5) is 24.7. The first-order chi connectivity index (χ1) is 10.2. The van der Waals surface area contributed by atoms with E-state index in [4.69, 9.17) is 5.11 Å². The summed E-state index contributed by atoms with van der Waals surface area (Å²) in [6.07, 6.45) is 2.51. The van der Waals surface area contributed by atoms with Crippen molar-refractivity contribution in [1.29, 1.82) is 0 Å². The molecule has 1 saturated heterocycles. The summed E-state index contributed by atoms with van der Waals surface area (Å²) in [5.41, 5.74) is 0. The number of aliphatic carboxylic acids is 1. The molecule has 1 aliphatic heterocycles. The van der Waals surface area contributed by atoms with E-state index in [0.29, 0.717) is 25.8 Å². The average molecular weight is 334 g/mol. The minimum Gasteiger partial charge on any atom is -0.481 e. The van der Waals surface area contributed by atoms with Crippen molar-refractivity contribution in [3.63, 3.8) is 0 Å². The second-order valence-corrected chi connectivity index (χ2v) is 7.94. The quantitative estimate of drug-likeness (QED) is 0.707. The van der Waals surface area contributed by atoms with Gasteiger partial charge in [-0.3, -0.25) is 9.59 Å². The maximum atomic E-state index is 12.5. The van der Waals surface area contributed by atoms with Gasteiger partial charge in [0.05, 0.1) is 11.7 Å². The van der Waals surface area contributed by atoms with Gasteiger partial charge < -0.3 is 10.0 Å². The Morgan fingerprint density at radius 3 is 2.59 bits per heavy atom. The van der Waals surface area contributed by atoms with Crippen LogP contribution in [0.2, 0.25) is 0 Å². The van der Waals surface area contributed by atoms with E-state index in [-0.39, 0.29) is 18.2 Å². The van der Waals surface area contributed by atoms with Gasteiger partial charge in [-0.25, -0.2) is 8.42 Å². The Balaban J connectivity index is 2.77. The van der Waals surface area contributed by atoms with Crippen molar-refractivity contribution in [3.8, 4) is 0 Å². The molecule has 0 aliphatic carbocycles. The maximum Gasteiger partial charge on any atom is 0.308 e. The van der Waals surface area contributed by atoms with Gasteiger partial charge in [-0.1, -0.05) is 20.3 Å². The first-order valence-corrected chi connectivity index (χ1v) is 9.29.